The minimum atomic E-state index is -1.35. The van der Waals surface area contributed by atoms with Crippen molar-refractivity contribution < 1.29 is 28.3 Å². The Morgan fingerprint density at radius 3 is 2.43 bits per heavy atom. The van der Waals surface area contributed by atoms with E-state index in [1.165, 1.54) is 36.5 Å². The van der Waals surface area contributed by atoms with Gasteiger partial charge < -0.3 is 14.8 Å². The second kappa shape index (κ2) is 11.8. The lowest BCUT2D eigenvalue weighted by Crippen LogP contribution is -2.57. The molecular formula is C25H31FN6O5. The number of rotatable bonds is 11. The molecule has 0 spiro atoms. The molecule has 0 saturated carbocycles. The number of anilines is 1. The summed E-state index contributed by atoms with van der Waals surface area (Å²) in [6.07, 6.45) is 1.46. The number of carbonyl (C=O) groups excluding carboxylic acids is 2. The van der Waals surface area contributed by atoms with Gasteiger partial charge in [-0.1, -0.05) is 40.5 Å². The van der Waals surface area contributed by atoms with Gasteiger partial charge in [0.1, 0.15) is 17.7 Å². The first-order valence-electron chi connectivity index (χ1n) is 12.0. The molecule has 12 heteroatoms. The van der Waals surface area contributed by atoms with Crippen molar-refractivity contribution in [3.8, 4) is 11.5 Å². The third-order valence-electron chi connectivity index (χ3n) is 5.92. The maximum absolute atomic E-state index is 13.3. The minimum absolute atomic E-state index is 0.00205. The highest BCUT2D eigenvalue weighted by Gasteiger charge is 2.43. The first-order valence-corrected chi connectivity index (χ1v) is 12.0. The number of benzene rings is 1. The molecule has 0 aliphatic heterocycles. The Morgan fingerprint density at radius 1 is 1.16 bits per heavy atom. The predicted molar refractivity (Wildman–Crippen MR) is 132 cm³/mol. The number of H-pyrrole nitrogens is 1. The Labute approximate surface area is 213 Å². The fourth-order valence-electron chi connectivity index (χ4n) is 3.97. The van der Waals surface area contributed by atoms with Crippen LogP contribution in [0, 0.1) is 11.2 Å². The van der Waals surface area contributed by atoms with Gasteiger partial charge in [0.15, 0.2) is 0 Å². The zero-order valence-electron chi connectivity index (χ0n) is 21.2. The van der Waals surface area contributed by atoms with Gasteiger partial charge in [0.25, 0.3) is 5.91 Å². The summed E-state index contributed by atoms with van der Waals surface area (Å²) in [5, 5.41) is 27.0. The molecule has 3 aromatic rings. The number of unbranched alkanes of at least 4 members (excludes halogenated alkanes) is 1. The number of hydrogen-bond donors (Lipinski definition) is 3. The summed E-state index contributed by atoms with van der Waals surface area (Å²) in [6.45, 7) is 7.40. The first-order chi connectivity index (χ1) is 17.5. The summed E-state index contributed by atoms with van der Waals surface area (Å²) in [5.74, 6) is -1.71. The van der Waals surface area contributed by atoms with Crippen molar-refractivity contribution in [3.05, 3.63) is 48.2 Å². The van der Waals surface area contributed by atoms with Gasteiger partial charge in [-0.15, -0.1) is 10.2 Å². The van der Waals surface area contributed by atoms with E-state index < -0.39 is 41.1 Å². The number of nitrogens with zero attached hydrogens (tertiary/aromatic N) is 4. The molecule has 3 rings (SSSR count). The van der Waals surface area contributed by atoms with E-state index in [9.17, 15) is 23.9 Å². The lowest BCUT2D eigenvalue weighted by Gasteiger charge is -2.41. The van der Waals surface area contributed by atoms with Crippen molar-refractivity contribution in [2.24, 2.45) is 5.41 Å². The topological polar surface area (TPSA) is 154 Å². The van der Waals surface area contributed by atoms with Crippen LogP contribution in [-0.2, 0) is 16.0 Å². The van der Waals surface area contributed by atoms with E-state index in [0.29, 0.717) is 18.4 Å². The fourth-order valence-corrected chi connectivity index (χ4v) is 3.97. The molecule has 198 valence electrons. The Morgan fingerprint density at radius 2 is 1.86 bits per heavy atom. The standard InChI is InChI=1S/C25H31FN6O5/c1-5-6-7-17(21(33)22(34)28-19-12-13-27-29-19)32(24(35)36)18(25(2,3)4)14-20-30-31-23(37-20)15-8-10-16(26)11-9-15/h8-13,17-18H,5-7,14H2,1-4H3,(H,35,36)(H2,27,28,29,34)/t17-,18?/m0/s1. The van der Waals surface area contributed by atoms with E-state index >= 15 is 0 Å². The molecule has 0 bridgehead atoms. The third-order valence-corrected chi connectivity index (χ3v) is 5.92. The van der Waals surface area contributed by atoms with Gasteiger partial charge in [0.2, 0.25) is 17.6 Å². The number of aromatic nitrogens is 4. The number of Topliss-reactive ketones (excluding diaryl/α,β-unsaturated/α-hetero) is 1. The van der Waals surface area contributed by atoms with Gasteiger partial charge in [-0.25, -0.2) is 9.18 Å². The first kappa shape index (κ1) is 27.5. The highest BCUT2D eigenvalue weighted by Crippen LogP contribution is 2.31. The van der Waals surface area contributed by atoms with E-state index in [-0.39, 0.29) is 30.4 Å². The highest BCUT2D eigenvalue weighted by molar-refractivity contribution is 6.42. The zero-order valence-corrected chi connectivity index (χ0v) is 21.2. The smallest absolute Gasteiger partial charge is 0.408 e. The lowest BCUT2D eigenvalue weighted by molar-refractivity contribution is -0.139. The van der Waals surface area contributed by atoms with E-state index in [2.05, 4.69) is 25.7 Å². The van der Waals surface area contributed by atoms with E-state index in [4.69, 9.17) is 4.42 Å². The van der Waals surface area contributed by atoms with Crippen LogP contribution in [0.5, 0.6) is 0 Å². The number of ketones is 1. The number of aromatic amines is 1. The average Bonchev–Trinajstić information content (AvgIpc) is 3.52. The van der Waals surface area contributed by atoms with Crippen LogP contribution in [-0.4, -0.2) is 60.3 Å². The van der Waals surface area contributed by atoms with Crippen LogP contribution in [0.15, 0.2) is 40.9 Å². The van der Waals surface area contributed by atoms with Crippen molar-refractivity contribution in [2.45, 2.75) is 65.5 Å². The number of halogens is 1. The number of carboxylic acid groups (broad SMARTS) is 1. The molecule has 2 amide bonds. The van der Waals surface area contributed by atoms with Crippen molar-refractivity contribution >= 4 is 23.6 Å². The Kier molecular flexibility index (Phi) is 8.74. The molecule has 2 heterocycles. The molecule has 11 nitrogen and oxygen atoms in total. The predicted octanol–water partition coefficient (Wildman–Crippen LogP) is 4.30. The van der Waals surface area contributed by atoms with Gasteiger partial charge in [0, 0.05) is 24.1 Å². The summed E-state index contributed by atoms with van der Waals surface area (Å²) in [6, 6.07) is 4.97. The molecule has 0 saturated heterocycles. The van der Waals surface area contributed by atoms with Gasteiger partial charge in [-0.05, 0) is 36.1 Å². The average molecular weight is 515 g/mol. The Balaban J connectivity index is 1.92. The number of carbonyl (C=O) groups is 3. The van der Waals surface area contributed by atoms with Crippen LogP contribution in [0.2, 0.25) is 0 Å². The van der Waals surface area contributed by atoms with E-state index in [1.54, 1.807) is 0 Å². The van der Waals surface area contributed by atoms with Crippen molar-refractivity contribution in [3.63, 3.8) is 0 Å². The maximum atomic E-state index is 13.3. The fraction of sp³-hybridized carbons (Fsp3) is 0.440. The molecular weight excluding hydrogens is 483 g/mol. The molecule has 1 unspecified atom stereocenters. The summed E-state index contributed by atoms with van der Waals surface area (Å²) in [5.41, 5.74) is -0.165. The zero-order chi connectivity index (χ0) is 27.2. The van der Waals surface area contributed by atoms with Gasteiger partial charge in [-0.2, -0.15) is 5.10 Å². The Hall–Kier alpha value is -4.09. The number of amides is 2. The van der Waals surface area contributed by atoms with Gasteiger partial charge >= 0.3 is 6.09 Å². The van der Waals surface area contributed by atoms with Gasteiger partial charge in [0.05, 0.1) is 6.20 Å². The normalized spacial score (nSPS) is 13.1. The third kappa shape index (κ3) is 6.99. The van der Waals surface area contributed by atoms with Crippen molar-refractivity contribution in [1.29, 1.82) is 0 Å². The van der Waals surface area contributed by atoms with Gasteiger partial charge in [-0.3, -0.25) is 19.6 Å². The quantitative estimate of drug-likeness (QED) is 0.320. The minimum Gasteiger partial charge on any atom is -0.465 e. The second-order valence-electron chi connectivity index (χ2n) is 9.73. The molecule has 37 heavy (non-hydrogen) atoms. The molecule has 3 N–H and O–H groups in total. The largest absolute Gasteiger partial charge is 0.465 e. The van der Waals surface area contributed by atoms with Crippen molar-refractivity contribution in [1.82, 2.24) is 25.3 Å². The number of nitrogens with one attached hydrogen (secondary N) is 2. The SMILES string of the molecule is CCCC[C@@H](C(=O)C(=O)Nc1ccn[nH]1)N(C(=O)O)C(Cc1nnc(-c2ccc(F)cc2)o1)C(C)(C)C. The van der Waals surface area contributed by atoms with E-state index in [0.717, 1.165) is 4.90 Å². The van der Waals surface area contributed by atoms with Crippen molar-refractivity contribution in [2.75, 3.05) is 5.32 Å². The van der Waals surface area contributed by atoms with Crippen LogP contribution in [0.3, 0.4) is 0 Å². The Bertz CT molecular complexity index is 1200. The summed E-state index contributed by atoms with van der Waals surface area (Å²) in [4.78, 5) is 39.7. The lowest BCUT2D eigenvalue weighted by atomic mass is 9.82. The molecule has 0 aliphatic rings. The summed E-state index contributed by atoms with van der Waals surface area (Å²) < 4.78 is 19.0. The highest BCUT2D eigenvalue weighted by atomic mass is 19.1. The van der Waals surface area contributed by atoms with E-state index in [1.807, 2.05) is 27.7 Å². The summed E-state index contributed by atoms with van der Waals surface area (Å²) in [7, 11) is 0. The molecule has 0 fully saturated rings. The molecule has 0 aliphatic carbocycles. The number of hydrogen-bond acceptors (Lipinski definition) is 7. The van der Waals surface area contributed by atoms with Crippen LogP contribution >= 0.6 is 0 Å². The second-order valence-corrected chi connectivity index (χ2v) is 9.73. The molecule has 2 atom stereocenters. The summed E-state index contributed by atoms with van der Waals surface area (Å²) >= 11 is 0. The van der Waals surface area contributed by atoms with Crippen LogP contribution < -0.4 is 5.32 Å². The molecule has 2 aromatic heterocycles. The molecule has 0 radical (unpaired) electrons. The maximum Gasteiger partial charge on any atom is 0.408 e. The van der Waals surface area contributed by atoms with Crippen LogP contribution in [0.1, 0.15) is 52.8 Å². The van der Waals surface area contributed by atoms with Crippen LogP contribution in [0.4, 0.5) is 15.0 Å². The molecule has 1 aromatic carbocycles. The monoisotopic (exact) mass is 514 g/mol. The van der Waals surface area contributed by atoms with Crippen LogP contribution in [0.25, 0.3) is 11.5 Å².